The minimum Gasteiger partial charge on any atom is -0.496 e. The molecule has 0 spiro atoms. The second-order valence-corrected chi connectivity index (χ2v) is 4.94. The molecule has 3 atom stereocenters. The van der Waals surface area contributed by atoms with Crippen LogP contribution in [-0.2, 0) is 4.74 Å². The number of rotatable bonds is 5. The first kappa shape index (κ1) is 13.4. The van der Waals surface area contributed by atoms with Gasteiger partial charge in [0.15, 0.2) is 0 Å². The van der Waals surface area contributed by atoms with Crippen LogP contribution < -0.4 is 10.1 Å². The Morgan fingerprint density at radius 3 is 2.72 bits per heavy atom. The van der Waals surface area contributed by atoms with E-state index in [2.05, 4.69) is 24.4 Å². The zero-order valence-corrected chi connectivity index (χ0v) is 11.5. The predicted molar refractivity (Wildman–Crippen MR) is 73.0 cm³/mol. The molecule has 1 saturated carbocycles. The molecule has 1 aliphatic carbocycles. The molecule has 0 saturated heterocycles. The topological polar surface area (TPSA) is 30.5 Å². The van der Waals surface area contributed by atoms with E-state index in [1.54, 1.807) is 14.2 Å². The molecule has 0 amide bonds. The van der Waals surface area contributed by atoms with Gasteiger partial charge >= 0.3 is 0 Å². The Labute approximate surface area is 109 Å². The van der Waals surface area contributed by atoms with E-state index in [1.165, 1.54) is 18.4 Å². The van der Waals surface area contributed by atoms with E-state index < -0.39 is 0 Å². The summed E-state index contributed by atoms with van der Waals surface area (Å²) in [6, 6.07) is 8.92. The van der Waals surface area contributed by atoms with Crippen molar-refractivity contribution >= 4 is 0 Å². The molecule has 3 nitrogen and oxygen atoms in total. The second kappa shape index (κ2) is 6.21. The monoisotopic (exact) mass is 249 g/mol. The van der Waals surface area contributed by atoms with E-state index in [-0.39, 0.29) is 6.04 Å². The Balaban J connectivity index is 2.05. The number of hydrogen-bond acceptors (Lipinski definition) is 3. The maximum Gasteiger partial charge on any atom is 0.123 e. The third-order valence-corrected chi connectivity index (χ3v) is 3.82. The molecule has 1 aliphatic rings. The summed E-state index contributed by atoms with van der Waals surface area (Å²) in [6.45, 7) is 2.18. The SMILES string of the molecule is COc1ccccc1C(C)NC1CCCC1OC. The van der Waals surface area contributed by atoms with Crippen molar-refractivity contribution in [2.45, 2.75) is 44.4 Å². The highest BCUT2D eigenvalue weighted by molar-refractivity contribution is 5.35. The van der Waals surface area contributed by atoms with Crippen molar-refractivity contribution < 1.29 is 9.47 Å². The van der Waals surface area contributed by atoms with E-state index >= 15 is 0 Å². The summed E-state index contributed by atoms with van der Waals surface area (Å²) in [5.41, 5.74) is 1.21. The lowest BCUT2D eigenvalue weighted by Gasteiger charge is -2.25. The average Bonchev–Trinajstić information content (AvgIpc) is 2.85. The molecule has 1 N–H and O–H groups in total. The summed E-state index contributed by atoms with van der Waals surface area (Å²) in [5.74, 6) is 0.949. The molecule has 0 bridgehead atoms. The summed E-state index contributed by atoms with van der Waals surface area (Å²) in [5, 5.41) is 3.67. The van der Waals surface area contributed by atoms with Gasteiger partial charge in [0.05, 0.1) is 13.2 Å². The predicted octanol–water partition coefficient (Wildman–Crippen LogP) is 2.91. The van der Waals surface area contributed by atoms with Crippen LogP contribution in [0.25, 0.3) is 0 Å². The first-order valence-corrected chi connectivity index (χ1v) is 6.68. The van der Waals surface area contributed by atoms with Crippen molar-refractivity contribution in [3.05, 3.63) is 29.8 Å². The Morgan fingerprint density at radius 1 is 1.22 bits per heavy atom. The molecule has 100 valence electrons. The first-order valence-electron chi connectivity index (χ1n) is 6.68. The van der Waals surface area contributed by atoms with Crippen LogP contribution in [0.1, 0.15) is 37.8 Å². The van der Waals surface area contributed by atoms with Gasteiger partial charge < -0.3 is 14.8 Å². The van der Waals surface area contributed by atoms with Gasteiger partial charge in [-0.15, -0.1) is 0 Å². The van der Waals surface area contributed by atoms with E-state index in [4.69, 9.17) is 9.47 Å². The van der Waals surface area contributed by atoms with Gasteiger partial charge in [-0.05, 0) is 32.3 Å². The van der Waals surface area contributed by atoms with Gasteiger partial charge in [-0.25, -0.2) is 0 Å². The highest BCUT2D eigenvalue weighted by Gasteiger charge is 2.28. The molecule has 1 aromatic carbocycles. The van der Waals surface area contributed by atoms with Crippen LogP contribution in [0, 0.1) is 0 Å². The van der Waals surface area contributed by atoms with Gasteiger partial charge in [0.2, 0.25) is 0 Å². The van der Waals surface area contributed by atoms with Crippen molar-refractivity contribution in [3.63, 3.8) is 0 Å². The largest absolute Gasteiger partial charge is 0.496 e. The van der Waals surface area contributed by atoms with Crippen LogP contribution >= 0.6 is 0 Å². The normalized spacial score (nSPS) is 25.1. The fraction of sp³-hybridized carbons (Fsp3) is 0.600. The molecular weight excluding hydrogens is 226 g/mol. The van der Waals surface area contributed by atoms with Crippen molar-refractivity contribution in [2.75, 3.05) is 14.2 Å². The highest BCUT2D eigenvalue weighted by Crippen LogP contribution is 2.28. The molecule has 0 aromatic heterocycles. The maximum atomic E-state index is 5.52. The van der Waals surface area contributed by atoms with Crippen LogP contribution in [0.5, 0.6) is 5.75 Å². The van der Waals surface area contributed by atoms with Gasteiger partial charge in [0, 0.05) is 24.8 Å². The lowest BCUT2D eigenvalue weighted by molar-refractivity contribution is 0.0818. The fourth-order valence-corrected chi connectivity index (χ4v) is 2.83. The molecule has 0 heterocycles. The number of methoxy groups -OCH3 is 2. The van der Waals surface area contributed by atoms with Gasteiger partial charge in [-0.3, -0.25) is 0 Å². The van der Waals surface area contributed by atoms with Crippen molar-refractivity contribution in [1.82, 2.24) is 5.32 Å². The van der Waals surface area contributed by atoms with E-state index in [9.17, 15) is 0 Å². The fourth-order valence-electron chi connectivity index (χ4n) is 2.83. The summed E-state index contributed by atoms with van der Waals surface area (Å²) in [4.78, 5) is 0. The highest BCUT2D eigenvalue weighted by atomic mass is 16.5. The first-order chi connectivity index (χ1) is 8.76. The Bertz CT molecular complexity index is 381. The van der Waals surface area contributed by atoms with Crippen molar-refractivity contribution in [1.29, 1.82) is 0 Å². The van der Waals surface area contributed by atoms with Gasteiger partial charge in [-0.1, -0.05) is 18.2 Å². The smallest absolute Gasteiger partial charge is 0.123 e. The average molecular weight is 249 g/mol. The van der Waals surface area contributed by atoms with Crippen LogP contribution in [0.3, 0.4) is 0 Å². The number of hydrogen-bond donors (Lipinski definition) is 1. The van der Waals surface area contributed by atoms with Gasteiger partial charge in [0.1, 0.15) is 5.75 Å². The van der Waals surface area contributed by atoms with Crippen LogP contribution in [0.15, 0.2) is 24.3 Å². The zero-order chi connectivity index (χ0) is 13.0. The number of para-hydroxylation sites is 1. The Morgan fingerprint density at radius 2 is 2.00 bits per heavy atom. The molecule has 0 aliphatic heterocycles. The lowest BCUT2D eigenvalue weighted by atomic mass is 10.1. The number of ether oxygens (including phenoxy) is 2. The zero-order valence-electron chi connectivity index (χ0n) is 11.5. The second-order valence-electron chi connectivity index (χ2n) is 4.94. The van der Waals surface area contributed by atoms with Crippen LogP contribution in [0.2, 0.25) is 0 Å². The minimum atomic E-state index is 0.280. The summed E-state index contributed by atoms with van der Waals surface area (Å²) >= 11 is 0. The minimum absolute atomic E-state index is 0.280. The molecular formula is C15H23NO2. The Kier molecular flexibility index (Phi) is 4.61. The van der Waals surface area contributed by atoms with Crippen LogP contribution in [0.4, 0.5) is 0 Å². The summed E-state index contributed by atoms with van der Waals surface area (Å²) in [7, 11) is 3.53. The van der Waals surface area contributed by atoms with Crippen LogP contribution in [-0.4, -0.2) is 26.4 Å². The molecule has 2 rings (SSSR count). The van der Waals surface area contributed by atoms with E-state index in [0.29, 0.717) is 12.1 Å². The third-order valence-electron chi connectivity index (χ3n) is 3.82. The lowest BCUT2D eigenvalue weighted by Crippen LogP contribution is -2.38. The van der Waals surface area contributed by atoms with Gasteiger partial charge in [0.25, 0.3) is 0 Å². The van der Waals surface area contributed by atoms with Gasteiger partial charge in [-0.2, -0.15) is 0 Å². The Hall–Kier alpha value is -1.06. The molecule has 3 unspecified atom stereocenters. The summed E-state index contributed by atoms with van der Waals surface area (Å²) < 4.78 is 10.9. The molecule has 18 heavy (non-hydrogen) atoms. The molecule has 0 radical (unpaired) electrons. The van der Waals surface area contributed by atoms with Crippen molar-refractivity contribution in [3.8, 4) is 5.75 Å². The van der Waals surface area contributed by atoms with E-state index in [0.717, 1.165) is 12.2 Å². The quantitative estimate of drug-likeness (QED) is 0.870. The number of nitrogens with one attached hydrogen (secondary N) is 1. The molecule has 1 aromatic rings. The van der Waals surface area contributed by atoms with Crippen molar-refractivity contribution in [2.24, 2.45) is 0 Å². The molecule has 3 heteroatoms. The summed E-state index contributed by atoms with van der Waals surface area (Å²) in [6.07, 6.45) is 3.95. The number of benzene rings is 1. The molecule has 1 fully saturated rings. The standard InChI is InChI=1S/C15H23NO2/c1-11(12-7-4-5-9-14(12)17-2)16-13-8-6-10-15(13)18-3/h4-5,7,9,11,13,15-16H,6,8,10H2,1-3H3. The third kappa shape index (κ3) is 2.85. The van der Waals surface area contributed by atoms with E-state index in [1.807, 2.05) is 12.1 Å². The maximum absolute atomic E-state index is 5.52.